The van der Waals surface area contributed by atoms with Crippen molar-refractivity contribution in [3.63, 3.8) is 0 Å². The van der Waals surface area contributed by atoms with Crippen LogP contribution in [-0.2, 0) is 11.3 Å². The van der Waals surface area contributed by atoms with Gasteiger partial charge in [-0.3, -0.25) is 14.2 Å². The number of oxazole rings is 1. The molecule has 0 radical (unpaired) electrons. The van der Waals surface area contributed by atoms with Gasteiger partial charge in [-0.2, -0.15) is 0 Å². The molecule has 4 aromatic rings. The molecule has 0 aliphatic carbocycles. The highest BCUT2D eigenvalue weighted by Crippen LogP contribution is 2.25. The number of carbonyl (C=O) groups excluding carboxylic acids is 2. The van der Waals surface area contributed by atoms with Crippen molar-refractivity contribution in [1.29, 1.82) is 0 Å². The highest BCUT2D eigenvalue weighted by Gasteiger charge is 2.21. The number of hydrogen-bond acceptors (Lipinski definition) is 6. The second-order valence-electron chi connectivity index (χ2n) is 7.17. The molecule has 2 aromatic heterocycles. The van der Waals surface area contributed by atoms with Gasteiger partial charge in [0.15, 0.2) is 10.7 Å². The lowest BCUT2D eigenvalue weighted by molar-refractivity contribution is -0.116. The predicted octanol–water partition coefficient (Wildman–Crippen LogP) is 3.08. The summed E-state index contributed by atoms with van der Waals surface area (Å²) in [4.78, 5) is 43.7. The molecule has 1 fully saturated rings. The van der Waals surface area contributed by atoms with Gasteiger partial charge in [0.25, 0.3) is 5.91 Å². The van der Waals surface area contributed by atoms with Gasteiger partial charge in [0.1, 0.15) is 6.54 Å². The van der Waals surface area contributed by atoms with Crippen LogP contribution < -0.4 is 11.1 Å². The summed E-state index contributed by atoms with van der Waals surface area (Å²) < 4.78 is 7.44. The van der Waals surface area contributed by atoms with Crippen molar-refractivity contribution in [2.75, 3.05) is 18.4 Å². The molecule has 5 rings (SSSR count). The van der Waals surface area contributed by atoms with Crippen molar-refractivity contribution in [3.8, 4) is 0 Å². The minimum atomic E-state index is -0.643. The van der Waals surface area contributed by atoms with Crippen molar-refractivity contribution in [3.05, 3.63) is 58.6 Å². The molecule has 1 saturated heterocycles. The fourth-order valence-corrected chi connectivity index (χ4v) is 4.56. The molecule has 0 bridgehead atoms. The predicted molar refractivity (Wildman–Crippen MR) is 114 cm³/mol. The minimum absolute atomic E-state index is 0.0754. The molecule has 9 heteroatoms. The Labute approximate surface area is 174 Å². The maximum Gasteiger partial charge on any atom is 0.420 e. The van der Waals surface area contributed by atoms with Gasteiger partial charge in [0.2, 0.25) is 5.91 Å². The Kier molecular flexibility index (Phi) is 4.59. The first-order chi connectivity index (χ1) is 14.6. The Morgan fingerprint density at radius 1 is 1.13 bits per heavy atom. The number of carbonyl (C=O) groups is 2. The van der Waals surface area contributed by atoms with Crippen LogP contribution in [0.25, 0.3) is 21.3 Å². The Bertz CT molecular complexity index is 1300. The van der Waals surface area contributed by atoms with Crippen molar-refractivity contribution in [2.45, 2.75) is 19.4 Å². The molecule has 30 heavy (non-hydrogen) atoms. The average molecular weight is 422 g/mol. The summed E-state index contributed by atoms with van der Waals surface area (Å²) in [6.45, 7) is 1.24. The molecule has 0 spiro atoms. The summed E-state index contributed by atoms with van der Waals surface area (Å²) in [5.41, 5.74) is 2.04. The van der Waals surface area contributed by atoms with E-state index in [-0.39, 0.29) is 12.5 Å². The van der Waals surface area contributed by atoms with Gasteiger partial charge in [0, 0.05) is 18.7 Å². The van der Waals surface area contributed by atoms with E-state index >= 15 is 0 Å². The monoisotopic (exact) mass is 422 g/mol. The van der Waals surface area contributed by atoms with Gasteiger partial charge in [-0.25, -0.2) is 9.78 Å². The molecule has 1 aliphatic heterocycles. The van der Waals surface area contributed by atoms with Gasteiger partial charge in [-0.05, 0) is 43.2 Å². The first-order valence-electron chi connectivity index (χ1n) is 9.66. The smallest absolute Gasteiger partial charge is 0.408 e. The number of rotatable bonds is 4. The van der Waals surface area contributed by atoms with E-state index in [0.717, 1.165) is 36.1 Å². The molecular formula is C21H18N4O4S. The molecule has 0 saturated carbocycles. The number of para-hydroxylation sites is 1. The zero-order valence-electron chi connectivity index (χ0n) is 16.0. The number of aromatic nitrogens is 2. The third-order valence-electron chi connectivity index (χ3n) is 5.15. The third-order valence-corrected chi connectivity index (χ3v) is 6.10. The van der Waals surface area contributed by atoms with Crippen LogP contribution in [0.2, 0.25) is 0 Å². The van der Waals surface area contributed by atoms with Crippen LogP contribution in [0.4, 0.5) is 5.13 Å². The first-order valence-corrected chi connectivity index (χ1v) is 10.5. The SMILES string of the molecule is O=C(Cn1c(=O)oc2ccc(C(=O)N3CCCC3)cc21)Nc1nc2ccccc2s1. The Morgan fingerprint density at radius 2 is 1.93 bits per heavy atom. The second-order valence-corrected chi connectivity index (χ2v) is 8.20. The summed E-state index contributed by atoms with van der Waals surface area (Å²) in [6, 6.07) is 12.4. The number of anilines is 1. The van der Waals surface area contributed by atoms with Crippen LogP contribution in [-0.4, -0.2) is 39.4 Å². The average Bonchev–Trinajstić information content (AvgIpc) is 3.46. The number of fused-ring (bicyclic) bond motifs is 2. The molecule has 3 heterocycles. The quantitative estimate of drug-likeness (QED) is 0.545. The number of amides is 2. The van der Waals surface area contributed by atoms with Crippen molar-refractivity contribution >= 4 is 49.6 Å². The second kappa shape index (κ2) is 7.42. The minimum Gasteiger partial charge on any atom is -0.408 e. The van der Waals surface area contributed by atoms with Crippen LogP contribution >= 0.6 is 11.3 Å². The number of nitrogens with one attached hydrogen (secondary N) is 1. The lowest BCUT2D eigenvalue weighted by atomic mass is 10.2. The standard InChI is InChI=1S/C21H18N4O4S/c26-18(23-20-22-14-5-1-2-6-17(14)30-20)12-25-15-11-13(7-8-16(15)29-21(25)28)19(27)24-9-3-4-10-24/h1-2,5-8,11H,3-4,9-10,12H2,(H,22,23,26). The largest absolute Gasteiger partial charge is 0.420 e. The molecule has 152 valence electrons. The van der Waals surface area contributed by atoms with Crippen LogP contribution in [0.15, 0.2) is 51.7 Å². The van der Waals surface area contributed by atoms with Crippen LogP contribution in [0, 0.1) is 0 Å². The van der Waals surface area contributed by atoms with Gasteiger partial charge in [0.05, 0.1) is 15.7 Å². The maximum atomic E-state index is 12.7. The fourth-order valence-electron chi connectivity index (χ4n) is 3.68. The van der Waals surface area contributed by atoms with Crippen molar-refractivity contribution in [1.82, 2.24) is 14.5 Å². The van der Waals surface area contributed by atoms with E-state index in [1.165, 1.54) is 15.9 Å². The normalized spacial score (nSPS) is 13.9. The number of benzene rings is 2. The highest BCUT2D eigenvalue weighted by atomic mass is 32.1. The third kappa shape index (κ3) is 3.37. The van der Waals surface area contributed by atoms with E-state index in [9.17, 15) is 14.4 Å². The number of likely N-dealkylation sites (tertiary alicyclic amines) is 1. The first kappa shape index (κ1) is 18.6. The lowest BCUT2D eigenvalue weighted by Crippen LogP contribution is -2.27. The van der Waals surface area contributed by atoms with Crippen molar-refractivity contribution < 1.29 is 14.0 Å². The summed E-state index contributed by atoms with van der Waals surface area (Å²) in [7, 11) is 0. The summed E-state index contributed by atoms with van der Waals surface area (Å²) >= 11 is 1.36. The number of hydrogen-bond donors (Lipinski definition) is 1. The Hall–Kier alpha value is -3.46. The van der Waals surface area contributed by atoms with Gasteiger partial charge < -0.3 is 14.6 Å². The Balaban J connectivity index is 1.40. The summed E-state index contributed by atoms with van der Waals surface area (Å²) in [6.07, 6.45) is 1.99. The number of thiazole rings is 1. The molecule has 2 aromatic carbocycles. The van der Waals surface area contributed by atoms with Gasteiger partial charge >= 0.3 is 5.76 Å². The fraction of sp³-hybridized carbons (Fsp3) is 0.238. The molecule has 0 unspecified atom stereocenters. The van der Waals surface area contributed by atoms with E-state index in [1.54, 1.807) is 23.1 Å². The molecular weight excluding hydrogens is 404 g/mol. The van der Waals surface area contributed by atoms with Crippen LogP contribution in [0.1, 0.15) is 23.2 Å². The molecule has 2 amide bonds. The van der Waals surface area contributed by atoms with Crippen molar-refractivity contribution in [2.24, 2.45) is 0 Å². The van der Waals surface area contributed by atoms with E-state index in [1.807, 2.05) is 24.3 Å². The topological polar surface area (TPSA) is 97.4 Å². The summed E-state index contributed by atoms with van der Waals surface area (Å²) in [5.74, 6) is -1.11. The summed E-state index contributed by atoms with van der Waals surface area (Å²) in [5, 5.41) is 3.20. The zero-order valence-corrected chi connectivity index (χ0v) is 16.8. The lowest BCUT2D eigenvalue weighted by Gasteiger charge is -2.15. The molecule has 1 N–H and O–H groups in total. The highest BCUT2D eigenvalue weighted by molar-refractivity contribution is 7.22. The molecule has 0 atom stereocenters. The maximum absolute atomic E-state index is 12.7. The Morgan fingerprint density at radius 3 is 2.73 bits per heavy atom. The van der Waals surface area contributed by atoms with E-state index in [4.69, 9.17) is 4.42 Å². The van der Waals surface area contributed by atoms with Gasteiger partial charge in [-0.15, -0.1) is 0 Å². The zero-order chi connectivity index (χ0) is 20.7. The van der Waals surface area contributed by atoms with E-state index in [2.05, 4.69) is 10.3 Å². The number of nitrogens with zero attached hydrogens (tertiary/aromatic N) is 3. The van der Waals surface area contributed by atoms with Crippen LogP contribution in [0.3, 0.4) is 0 Å². The van der Waals surface area contributed by atoms with Gasteiger partial charge in [-0.1, -0.05) is 23.5 Å². The molecule has 1 aliphatic rings. The van der Waals surface area contributed by atoms with E-state index < -0.39 is 11.7 Å². The van der Waals surface area contributed by atoms with E-state index in [0.29, 0.717) is 21.8 Å². The van der Waals surface area contributed by atoms with Crippen LogP contribution in [0.5, 0.6) is 0 Å². The molecule has 8 nitrogen and oxygen atoms in total.